The molecule has 2 nitrogen and oxygen atoms in total. The van der Waals surface area contributed by atoms with E-state index in [4.69, 9.17) is 11.6 Å². The van der Waals surface area contributed by atoms with Crippen LogP contribution in [-0.2, 0) is 4.79 Å². The molecule has 5 heteroatoms. The molecule has 0 N–H and O–H groups in total. The van der Waals surface area contributed by atoms with Gasteiger partial charge in [-0.2, -0.15) is 0 Å². The highest BCUT2D eigenvalue weighted by Gasteiger charge is 2.39. The van der Waals surface area contributed by atoms with Gasteiger partial charge in [0.15, 0.2) is 0 Å². The molecule has 1 heterocycles. The van der Waals surface area contributed by atoms with Crippen LogP contribution in [0.15, 0.2) is 24.3 Å². The number of hydrogen-bond donors (Lipinski definition) is 0. The van der Waals surface area contributed by atoms with Crippen LogP contribution in [0.4, 0.5) is 8.78 Å². The SMILES string of the molecule is CC(C)C(=O)C(CN1CCC(F)(F)C1)c1ccc(Cl)cc1. The third-order valence-corrected chi connectivity index (χ3v) is 4.13. The number of Topliss-reactive ketones (excluding diaryl/α,β-unsaturated/α-hetero) is 1. The summed E-state index contributed by atoms with van der Waals surface area (Å²) in [5.41, 5.74) is 0.841. The summed E-state index contributed by atoms with van der Waals surface area (Å²) < 4.78 is 26.6. The molecule has 1 aliphatic rings. The zero-order chi connectivity index (χ0) is 15.6. The van der Waals surface area contributed by atoms with Gasteiger partial charge in [-0.25, -0.2) is 8.78 Å². The number of nitrogens with zero attached hydrogens (tertiary/aromatic N) is 1. The van der Waals surface area contributed by atoms with Crippen LogP contribution < -0.4 is 0 Å². The minimum Gasteiger partial charge on any atom is -0.299 e. The van der Waals surface area contributed by atoms with Gasteiger partial charge >= 0.3 is 0 Å². The highest BCUT2D eigenvalue weighted by molar-refractivity contribution is 6.30. The summed E-state index contributed by atoms with van der Waals surface area (Å²) in [6.07, 6.45) is -0.129. The van der Waals surface area contributed by atoms with Gasteiger partial charge in [-0.05, 0) is 17.7 Å². The summed E-state index contributed by atoms with van der Waals surface area (Å²) in [4.78, 5) is 14.1. The van der Waals surface area contributed by atoms with Crippen LogP contribution in [-0.4, -0.2) is 36.2 Å². The fourth-order valence-electron chi connectivity index (χ4n) is 2.68. The standard InChI is InChI=1S/C16H20ClF2NO/c1-11(2)15(21)14(12-3-5-13(17)6-4-12)9-20-8-7-16(18,19)10-20/h3-6,11,14H,7-10H2,1-2H3. The van der Waals surface area contributed by atoms with Crippen LogP contribution in [0.5, 0.6) is 0 Å². The third-order valence-electron chi connectivity index (χ3n) is 3.87. The van der Waals surface area contributed by atoms with E-state index in [1.807, 2.05) is 26.0 Å². The van der Waals surface area contributed by atoms with Gasteiger partial charge in [-0.1, -0.05) is 37.6 Å². The monoisotopic (exact) mass is 315 g/mol. The summed E-state index contributed by atoms with van der Waals surface area (Å²) >= 11 is 5.87. The highest BCUT2D eigenvalue weighted by Crippen LogP contribution is 2.30. The van der Waals surface area contributed by atoms with E-state index in [-0.39, 0.29) is 30.6 Å². The van der Waals surface area contributed by atoms with Crippen LogP contribution >= 0.6 is 11.6 Å². The van der Waals surface area contributed by atoms with Crippen molar-refractivity contribution in [3.63, 3.8) is 0 Å². The summed E-state index contributed by atoms with van der Waals surface area (Å²) in [6.45, 7) is 4.09. The topological polar surface area (TPSA) is 20.3 Å². The molecule has 1 saturated heterocycles. The van der Waals surface area contributed by atoms with Crippen molar-refractivity contribution < 1.29 is 13.6 Å². The fraction of sp³-hybridized carbons (Fsp3) is 0.562. The van der Waals surface area contributed by atoms with E-state index in [0.29, 0.717) is 18.1 Å². The van der Waals surface area contributed by atoms with Gasteiger partial charge in [0.2, 0.25) is 0 Å². The Hall–Kier alpha value is -1.00. The first kappa shape index (κ1) is 16.4. The Morgan fingerprint density at radius 1 is 1.33 bits per heavy atom. The lowest BCUT2D eigenvalue weighted by Crippen LogP contribution is -2.33. The van der Waals surface area contributed by atoms with E-state index in [1.54, 1.807) is 17.0 Å². The minimum absolute atomic E-state index is 0.0764. The Kier molecular flexibility index (Phi) is 4.99. The number of alkyl halides is 2. The molecule has 0 aromatic heterocycles. The average Bonchev–Trinajstić information content (AvgIpc) is 2.75. The number of halogens is 3. The van der Waals surface area contributed by atoms with E-state index in [9.17, 15) is 13.6 Å². The highest BCUT2D eigenvalue weighted by atomic mass is 35.5. The first-order valence-electron chi connectivity index (χ1n) is 7.18. The lowest BCUT2D eigenvalue weighted by Gasteiger charge is -2.24. The number of ketones is 1. The maximum atomic E-state index is 13.3. The van der Waals surface area contributed by atoms with Crippen molar-refractivity contribution in [1.82, 2.24) is 4.90 Å². The fourth-order valence-corrected chi connectivity index (χ4v) is 2.80. The molecule has 116 valence electrons. The smallest absolute Gasteiger partial charge is 0.261 e. The van der Waals surface area contributed by atoms with Gasteiger partial charge in [0.05, 0.1) is 12.5 Å². The van der Waals surface area contributed by atoms with Crippen LogP contribution in [0.1, 0.15) is 31.7 Å². The van der Waals surface area contributed by atoms with Gasteiger partial charge in [-0.15, -0.1) is 0 Å². The molecule has 1 aromatic rings. The summed E-state index contributed by atoms with van der Waals surface area (Å²) in [5, 5.41) is 0.599. The molecule has 0 bridgehead atoms. The van der Waals surface area contributed by atoms with Crippen molar-refractivity contribution in [1.29, 1.82) is 0 Å². The van der Waals surface area contributed by atoms with Crippen LogP contribution in [0, 0.1) is 5.92 Å². The van der Waals surface area contributed by atoms with Crippen LogP contribution in [0.25, 0.3) is 0 Å². The normalized spacial score (nSPS) is 19.9. The van der Waals surface area contributed by atoms with E-state index >= 15 is 0 Å². The molecule has 0 aliphatic carbocycles. The second-order valence-electron chi connectivity index (χ2n) is 6.00. The summed E-state index contributed by atoms with van der Waals surface area (Å²) in [7, 11) is 0. The molecule has 0 saturated carbocycles. The van der Waals surface area contributed by atoms with Crippen LogP contribution in [0.3, 0.4) is 0 Å². The Labute approximate surface area is 129 Å². The lowest BCUT2D eigenvalue weighted by atomic mass is 9.88. The Morgan fingerprint density at radius 3 is 2.43 bits per heavy atom. The number of hydrogen-bond acceptors (Lipinski definition) is 2. The van der Waals surface area contributed by atoms with Gasteiger partial charge in [0.25, 0.3) is 5.92 Å². The molecule has 21 heavy (non-hydrogen) atoms. The van der Waals surface area contributed by atoms with Crippen molar-refractivity contribution in [3.8, 4) is 0 Å². The molecule has 1 atom stereocenters. The van der Waals surface area contributed by atoms with E-state index in [0.717, 1.165) is 5.56 Å². The zero-order valence-corrected chi connectivity index (χ0v) is 13.0. The summed E-state index contributed by atoms with van der Waals surface area (Å²) in [5.74, 6) is -3.07. The first-order chi connectivity index (χ1) is 9.78. The second-order valence-corrected chi connectivity index (χ2v) is 6.44. The molecular formula is C16H20ClF2NO. The van der Waals surface area contributed by atoms with Crippen molar-refractivity contribution in [2.45, 2.75) is 32.1 Å². The minimum atomic E-state index is -2.63. The molecular weight excluding hydrogens is 296 g/mol. The molecule has 0 spiro atoms. The molecule has 1 aromatic carbocycles. The molecule has 0 radical (unpaired) electrons. The van der Waals surface area contributed by atoms with Crippen molar-refractivity contribution >= 4 is 17.4 Å². The van der Waals surface area contributed by atoms with Gasteiger partial charge < -0.3 is 0 Å². The Morgan fingerprint density at radius 2 is 1.95 bits per heavy atom. The third kappa shape index (κ3) is 4.24. The van der Waals surface area contributed by atoms with Crippen LogP contribution in [0.2, 0.25) is 5.02 Å². The van der Waals surface area contributed by atoms with Gasteiger partial charge in [0, 0.05) is 30.5 Å². The second kappa shape index (κ2) is 6.41. The van der Waals surface area contributed by atoms with Crippen molar-refractivity contribution in [2.24, 2.45) is 5.92 Å². The largest absolute Gasteiger partial charge is 0.299 e. The molecule has 1 aliphatic heterocycles. The molecule has 0 amide bonds. The van der Waals surface area contributed by atoms with E-state index in [1.165, 1.54) is 0 Å². The Bertz CT molecular complexity index is 502. The quantitative estimate of drug-likeness (QED) is 0.819. The molecule has 1 unspecified atom stereocenters. The number of carbonyl (C=O) groups excluding carboxylic acids is 1. The maximum Gasteiger partial charge on any atom is 0.261 e. The maximum absolute atomic E-state index is 13.3. The number of likely N-dealkylation sites (tertiary alicyclic amines) is 1. The predicted molar refractivity (Wildman–Crippen MR) is 80.0 cm³/mol. The van der Waals surface area contributed by atoms with Crippen molar-refractivity contribution in [2.75, 3.05) is 19.6 Å². The summed E-state index contributed by atoms with van der Waals surface area (Å²) in [6, 6.07) is 7.08. The van der Waals surface area contributed by atoms with E-state index in [2.05, 4.69) is 0 Å². The zero-order valence-electron chi connectivity index (χ0n) is 12.3. The number of rotatable bonds is 5. The molecule has 1 fully saturated rings. The molecule has 2 rings (SSSR count). The lowest BCUT2D eigenvalue weighted by molar-refractivity contribution is -0.123. The van der Waals surface area contributed by atoms with Gasteiger partial charge in [-0.3, -0.25) is 9.69 Å². The number of benzene rings is 1. The predicted octanol–water partition coefficient (Wildman–Crippen LogP) is 3.99. The van der Waals surface area contributed by atoms with Crippen molar-refractivity contribution in [3.05, 3.63) is 34.9 Å². The van der Waals surface area contributed by atoms with E-state index < -0.39 is 5.92 Å². The average molecular weight is 316 g/mol. The first-order valence-corrected chi connectivity index (χ1v) is 7.56. The van der Waals surface area contributed by atoms with Gasteiger partial charge in [0.1, 0.15) is 5.78 Å². The Balaban J connectivity index is 2.17. The number of carbonyl (C=O) groups is 1.